The molecule has 0 bridgehead atoms. The van der Waals surface area contributed by atoms with Crippen molar-refractivity contribution in [2.75, 3.05) is 26.7 Å². The molecule has 1 aliphatic carbocycles. The van der Waals surface area contributed by atoms with Crippen LogP contribution in [0.15, 0.2) is 24.3 Å². The number of urea groups is 1. The molecule has 5 nitrogen and oxygen atoms in total. The maximum atomic E-state index is 11.8. The standard InChI is InChI=1S/C17H27N3O2/c1-3-20(2)11-15-6-4-5-14(9-15)10-18-16(22)19-12-17(13-21)7-8-17/h4-6,9,21H,3,7-8,10-13H2,1-2H3,(H2,18,19,22). The molecule has 22 heavy (non-hydrogen) atoms. The average molecular weight is 305 g/mol. The lowest BCUT2D eigenvalue weighted by Crippen LogP contribution is -2.39. The fourth-order valence-electron chi connectivity index (χ4n) is 2.34. The van der Waals surface area contributed by atoms with Crippen LogP contribution in [0.5, 0.6) is 0 Å². The molecule has 1 aliphatic rings. The Bertz CT molecular complexity index is 500. The van der Waals surface area contributed by atoms with Crippen molar-refractivity contribution in [1.29, 1.82) is 0 Å². The number of amides is 2. The molecule has 1 aromatic rings. The highest BCUT2D eigenvalue weighted by atomic mass is 16.3. The van der Waals surface area contributed by atoms with Gasteiger partial charge in [0.1, 0.15) is 0 Å². The zero-order valence-electron chi connectivity index (χ0n) is 13.6. The summed E-state index contributed by atoms with van der Waals surface area (Å²) in [4.78, 5) is 14.0. The van der Waals surface area contributed by atoms with E-state index in [1.807, 2.05) is 12.1 Å². The van der Waals surface area contributed by atoms with E-state index in [4.69, 9.17) is 0 Å². The molecule has 0 aliphatic heterocycles. The molecule has 2 rings (SSSR count). The Balaban J connectivity index is 1.76. The van der Waals surface area contributed by atoms with Crippen LogP contribution in [-0.2, 0) is 13.1 Å². The summed E-state index contributed by atoms with van der Waals surface area (Å²) in [5.41, 5.74) is 2.30. The Morgan fingerprint density at radius 3 is 2.68 bits per heavy atom. The largest absolute Gasteiger partial charge is 0.396 e. The quantitative estimate of drug-likeness (QED) is 0.685. The lowest BCUT2D eigenvalue weighted by molar-refractivity contribution is 0.203. The number of benzene rings is 1. The highest BCUT2D eigenvalue weighted by Gasteiger charge is 2.42. The van der Waals surface area contributed by atoms with Gasteiger partial charge in [-0.15, -0.1) is 0 Å². The van der Waals surface area contributed by atoms with Crippen molar-refractivity contribution >= 4 is 6.03 Å². The molecule has 122 valence electrons. The van der Waals surface area contributed by atoms with Crippen LogP contribution in [-0.4, -0.2) is 42.8 Å². The van der Waals surface area contributed by atoms with Gasteiger partial charge in [0.2, 0.25) is 0 Å². The lowest BCUT2D eigenvalue weighted by Gasteiger charge is -2.15. The minimum absolute atomic E-state index is 0.0536. The van der Waals surface area contributed by atoms with E-state index in [1.54, 1.807) is 0 Å². The zero-order valence-corrected chi connectivity index (χ0v) is 13.6. The van der Waals surface area contributed by atoms with Gasteiger partial charge in [-0.05, 0) is 37.6 Å². The Morgan fingerprint density at radius 2 is 2.05 bits per heavy atom. The molecule has 5 heteroatoms. The normalized spacial score (nSPS) is 15.6. The first kappa shape index (κ1) is 16.8. The second-order valence-corrected chi connectivity index (χ2v) is 6.34. The van der Waals surface area contributed by atoms with Crippen molar-refractivity contribution in [2.24, 2.45) is 5.41 Å². The van der Waals surface area contributed by atoms with Crippen LogP contribution in [0.3, 0.4) is 0 Å². The van der Waals surface area contributed by atoms with Gasteiger partial charge in [-0.2, -0.15) is 0 Å². The number of carbonyl (C=O) groups excluding carboxylic acids is 1. The Kier molecular flexibility index (Phi) is 5.80. The third-order valence-corrected chi connectivity index (χ3v) is 4.35. The van der Waals surface area contributed by atoms with Crippen LogP contribution in [0.1, 0.15) is 30.9 Å². The summed E-state index contributed by atoms with van der Waals surface area (Å²) in [5.74, 6) is 0. The van der Waals surface area contributed by atoms with E-state index in [0.29, 0.717) is 13.1 Å². The van der Waals surface area contributed by atoms with Gasteiger partial charge in [0.05, 0.1) is 6.61 Å². The Labute approximate surface area is 132 Å². The summed E-state index contributed by atoms with van der Waals surface area (Å²) in [6.45, 7) is 5.28. The summed E-state index contributed by atoms with van der Waals surface area (Å²) >= 11 is 0. The molecule has 1 aromatic carbocycles. The number of aliphatic hydroxyl groups is 1. The SMILES string of the molecule is CCN(C)Cc1cccc(CNC(=O)NCC2(CO)CC2)c1. The summed E-state index contributed by atoms with van der Waals surface area (Å²) in [6, 6.07) is 8.11. The zero-order chi connectivity index (χ0) is 16.0. The minimum atomic E-state index is -0.171. The Morgan fingerprint density at radius 1 is 1.32 bits per heavy atom. The van der Waals surface area contributed by atoms with Gasteiger partial charge in [-0.1, -0.05) is 31.2 Å². The topological polar surface area (TPSA) is 64.6 Å². The molecule has 0 aromatic heterocycles. The van der Waals surface area contributed by atoms with E-state index in [1.165, 1.54) is 5.56 Å². The average Bonchev–Trinajstić information content (AvgIpc) is 3.32. The van der Waals surface area contributed by atoms with Crippen LogP contribution in [0.4, 0.5) is 4.79 Å². The van der Waals surface area contributed by atoms with Crippen molar-refractivity contribution in [3.05, 3.63) is 35.4 Å². The first-order valence-corrected chi connectivity index (χ1v) is 7.96. The number of rotatable bonds is 8. The van der Waals surface area contributed by atoms with E-state index >= 15 is 0 Å². The van der Waals surface area contributed by atoms with E-state index in [9.17, 15) is 9.90 Å². The van der Waals surface area contributed by atoms with Crippen molar-refractivity contribution in [3.63, 3.8) is 0 Å². The molecule has 1 fully saturated rings. The molecule has 0 radical (unpaired) electrons. The summed E-state index contributed by atoms with van der Waals surface area (Å²) < 4.78 is 0. The van der Waals surface area contributed by atoms with Crippen LogP contribution in [0.25, 0.3) is 0 Å². The van der Waals surface area contributed by atoms with Crippen LogP contribution < -0.4 is 10.6 Å². The lowest BCUT2D eigenvalue weighted by atomic mass is 10.1. The van der Waals surface area contributed by atoms with Crippen molar-refractivity contribution in [2.45, 2.75) is 32.9 Å². The molecule has 0 heterocycles. The molecule has 0 saturated heterocycles. The monoisotopic (exact) mass is 305 g/mol. The van der Waals surface area contributed by atoms with E-state index in [-0.39, 0.29) is 18.1 Å². The Hall–Kier alpha value is -1.59. The maximum Gasteiger partial charge on any atom is 0.315 e. The molecule has 1 saturated carbocycles. The van der Waals surface area contributed by atoms with Crippen LogP contribution >= 0.6 is 0 Å². The molecule has 0 atom stereocenters. The third kappa shape index (κ3) is 5.00. The van der Waals surface area contributed by atoms with Gasteiger partial charge in [0.15, 0.2) is 0 Å². The number of carbonyl (C=O) groups is 1. The third-order valence-electron chi connectivity index (χ3n) is 4.35. The fourth-order valence-corrected chi connectivity index (χ4v) is 2.34. The molecule has 0 unspecified atom stereocenters. The van der Waals surface area contributed by atoms with E-state index in [2.05, 4.69) is 41.6 Å². The molecular weight excluding hydrogens is 278 g/mol. The number of nitrogens with zero attached hydrogens (tertiary/aromatic N) is 1. The van der Waals surface area contributed by atoms with Crippen molar-refractivity contribution < 1.29 is 9.90 Å². The molecule has 0 spiro atoms. The summed E-state index contributed by atoms with van der Waals surface area (Å²) in [7, 11) is 2.09. The van der Waals surface area contributed by atoms with Gasteiger partial charge in [0.25, 0.3) is 0 Å². The second kappa shape index (κ2) is 7.61. The first-order chi connectivity index (χ1) is 10.6. The highest BCUT2D eigenvalue weighted by Crippen LogP contribution is 2.44. The highest BCUT2D eigenvalue weighted by molar-refractivity contribution is 5.73. The molecule has 3 N–H and O–H groups in total. The van der Waals surface area contributed by atoms with Gasteiger partial charge in [-0.3, -0.25) is 0 Å². The summed E-state index contributed by atoms with van der Waals surface area (Å²) in [5, 5.41) is 14.9. The first-order valence-electron chi connectivity index (χ1n) is 7.96. The van der Waals surface area contributed by atoms with Gasteiger partial charge in [-0.25, -0.2) is 4.79 Å². The van der Waals surface area contributed by atoms with Gasteiger partial charge in [0, 0.05) is 25.0 Å². The van der Waals surface area contributed by atoms with E-state index in [0.717, 1.165) is 31.5 Å². The number of aliphatic hydroxyl groups excluding tert-OH is 1. The van der Waals surface area contributed by atoms with E-state index < -0.39 is 0 Å². The maximum absolute atomic E-state index is 11.8. The second-order valence-electron chi connectivity index (χ2n) is 6.34. The number of nitrogens with one attached hydrogen (secondary N) is 2. The molecule has 2 amide bonds. The van der Waals surface area contributed by atoms with Gasteiger partial charge < -0.3 is 20.6 Å². The minimum Gasteiger partial charge on any atom is -0.396 e. The number of hydrogen-bond acceptors (Lipinski definition) is 3. The van der Waals surface area contributed by atoms with Crippen LogP contribution in [0.2, 0.25) is 0 Å². The van der Waals surface area contributed by atoms with Gasteiger partial charge >= 0.3 is 6.03 Å². The number of hydrogen-bond donors (Lipinski definition) is 3. The predicted octanol–water partition coefficient (Wildman–Crippen LogP) is 1.71. The van der Waals surface area contributed by atoms with Crippen LogP contribution in [0, 0.1) is 5.41 Å². The molecular formula is C17H27N3O2. The fraction of sp³-hybridized carbons (Fsp3) is 0.588. The predicted molar refractivity (Wildman–Crippen MR) is 87.4 cm³/mol. The van der Waals surface area contributed by atoms with Crippen molar-refractivity contribution in [1.82, 2.24) is 15.5 Å². The summed E-state index contributed by atoms with van der Waals surface area (Å²) in [6.07, 6.45) is 1.99. The van der Waals surface area contributed by atoms with Crippen molar-refractivity contribution in [3.8, 4) is 0 Å². The smallest absolute Gasteiger partial charge is 0.315 e.